The van der Waals surface area contributed by atoms with Gasteiger partial charge in [0, 0.05) is 11.3 Å². The quantitative estimate of drug-likeness (QED) is 0.481. The van der Waals surface area contributed by atoms with Crippen LogP contribution < -0.4 is 5.32 Å². The standard InChI is InChI=1S/C25H21NO2/c1-18-16-17-23(27-18)24-26-22-15-9-8-14-21(22)25(28-24,19-10-4-2-5-11-19)20-12-6-3-7-13-20/h2-17,24,26H,1H3/t24-/m1/s1. The molecular weight excluding hydrogens is 346 g/mol. The Hall–Kier alpha value is -3.30. The zero-order valence-electron chi connectivity index (χ0n) is 15.6. The number of hydrogen-bond acceptors (Lipinski definition) is 3. The fourth-order valence-corrected chi connectivity index (χ4v) is 4.01. The average molecular weight is 367 g/mol. The number of aryl methyl sites for hydroxylation is 1. The summed E-state index contributed by atoms with van der Waals surface area (Å²) in [6.07, 6.45) is -0.399. The van der Waals surface area contributed by atoms with Crippen molar-refractivity contribution in [3.8, 4) is 0 Å². The maximum absolute atomic E-state index is 6.87. The number of hydrogen-bond donors (Lipinski definition) is 1. The Bertz CT molecular complexity index is 1050. The molecule has 0 bridgehead atoms. The highest BCUT2D eigenvalue weighted by Gasteiger charge is 2.45. The van der Waals surface area contributed by atoms with Gasteiger partial charge in [-0.25, -0.2) is 0 Å². The SMILES string of the molecule is Cc1ccc([C@@H]2Nc3ccccc3C(c3ccccc3)(c3ccccc3)O2)o1. The number of ether oxygens (including phenoxy) is 1. The van der Waals surface area contributed by atoms with E-state index in [1.165, 1.54) is 0 Å². The highest BCUT2D eigenvalue weighted by molar-refractivity contribution is 5.63. The van der Waals surface area contributed by atoms with Gasteiger partial charge in [-0.15, -0.1) is 0 Å². The highest BCUT2D eigenvalue weighted by atomic mass is 16.5. The molecule has 1 atom stereocenters. The summed E-state index contributed by atoms with van der Waals surface area (Å²) in [5.74, 6) is 1.63. The van der Waals surface area contributed by atoms with Gasteiger partial charge >= 0.3 is 0 Å². The number of nitrogens with one attached hydrogen (secondary N) is 1. The van der Waals surface area contributed by atoms with Crippen LogP contribution in [0.5, 0.6) is 0 Å². The van der Waals surface area contributed by atoms with Gasteiger partial charge in [-0.1, -0.05) is 78.9 Å². The second-order valence-electron chi connectivity index (χ2n) is 7.05. The van der Waals surface area contributed by atoms with E-state index in [0.29, 0.717) is 0 Å². The molecule has 0 saturated heterocycles. The Morgan fingerprint density at radius 1 is 0.714 bits per heavy atom. The lowest BCUT2D eigenvalue weighted by Gasteiger charge is -2.43. The van der Waals surface area contributed by atoms with Crippen LogP contribution in [0.3, 0.4) is 0 Å². The summed E-state index contributed by atoms with van der Waals surface area (Å²) < 4.78 is 12.8. The van der Waals surface area contributed by atoms with Gasteiger partial charge in [0.1, 0.15) is 11.4 Å². The van der Waals surface area contributed by atoms with Gasteiger partial charge in [0.25, 0.3) is 0 Å². The molecule has 2 heterocycles. The minimum absolute atomic E-state index is 0.399. The van der Waals surface area contributed by atoms with Gasteiger partial charge in [-0.3, -0.25) is 0 Å². The largest absolute Gasteiger partial charge is 0.462 e. The third-order valence-corrected chi connectivity index (χ3v) is 5.27. The van der Waals surface area contributed by atoms with E-state index in [-0.39, 0.29) is 0 Å². The van der Waals surface area contributed by atoms with E-state index in [1.54, 1.807) is 0 Å². The van der Waals surface area contributed by atoms with Gasteiger partial charge in [0.2, 0.25) is 0 Å². The van der Waals surface area contributed by atoms with Crippen molar-refractivity contribution in [3.05, 3.63) is 125 Å². The van der Waals surface area contributed by atoms with Crippen LogP contribution in [-0.2, 0) is 10.3 Å². The first-order valence-electron chi connectivity index (χ1n) is 9.48. The molecule has 3 aromatic carbocycles. The molecule has 0 amide bonds. The molecule has 0 saturated carbocycles. The Labute approximate surface area is 164 Å². The highest BCUT2D eigenvalue weighted by Crippen LogP contribution is 2.50. The molecule has 0 aliphatic carbocycles. The molecule has 0 fully saturated rings. The Morgan fingerprint density at radius 3 is 1.93 bits per heavy atom. The maximum Gasteiger partial charge on any atom is 0.188 e. The molecule has 1 aromatic heterocycles. The third-order valence-electron chi connectivity index (χ3n) is 5.27. The van der Waals surface area contributed by atoms with Crippen molar-refractivity contribution in [2.24, 2.45) is 0 Å². The first-order valence-corrected chi connectivity index (χ1v) is 9.48. The van der Waals surface area contributed by atoms with Crippen LogP contribution in [0.15, 0.2) is 101 Å². The predicted molar refractivity (Wildman–Crippen MR) is 110 cm³/mol. The number of fused-ring (bicyclic) bond motifs is 1. The smallest absolute Gasteiger partial charge is 0.188 e. The summed E-state index contributed by atoms with van der Waals surface area (Å²) in [4.78, 5) is 0. The monoisotopic (exact) mass is 367 g/mol. The maximum atomic E-state index is 6.87. The average Bonchev–Trinajstić information content (AvgIpc) is 3.20. The van der Waals surface area contributed by atoms with E-state index in [0.717, 1.165) is 33.9 Å². The number of furan rings is 1. The topological polar surface area (TPSA) is 34.4 Å². The molecule has 28 heavy (non-hydrogen) atoms. The Balaban J connectivity index is 1.78. The molecule has 138 valence electrons. The number of para-hydroxylation sites is 1. The van der Waals surface area contributed by atoms with Crippen molar-refractivity contribution in [2.75, 3.05) is 5.32 Å². The van der Waals surface area contributed by atoms with E-state index in [2.05, 4.69) is 72.0 Å². The van der Waals surface area contributed by atoms with Crippen molar-refractivity contribution in [3.63, 3.8) is 0 Å². The molecule has 3 nitrogen and oxygen atoms in total. The molecule has 4 aromatic rings. The lowest BCUT2D eigenvalue weighted by molar-refractivity contribution is -0.0522. The summed E-state index contributed by atoms with van der Waals surface area (Å²) in [5, 5.41) is 3.50. The fraction of sp³-hybridized carbons (Fsp3) is 0.120. The minimum Gasteiger partial charge on any atom is -0.462 e. The van der Waals surface area contributed by atoms with E-state index in [1.807, 2.05) is 37.3 Å². The van der Waals surface area contributed by atoms with Crippen LogP contribution in [0.1, 0.15) is 34.4 Å². The third kappa shape index (κ3) is 2.63. The van der Waals surface area contributed by atoms with Crippen molar-refractivity contribution in [2.45, 2.75) is 18.8 Å². The van der Waals surface area contributed by atoms with Gasteiger partial charge in [-0.05, 0) is 36.2 Å². The lowest BCUT2D eigenvalue weighted by atomic mass is 9.78. The van der Waals surface area contributed by atoms with Crippen molar-refractivity contribution in [1.29, 1.82) is 0 Å². The molecule has 1 aliphatic rings. The Kier molecular flexibility index (Phi) is 4.03. The van der Waals surface area contributed by atoms with Crippen molar-refractivity contribution >= 4 is 5.69 Å². The minimum atomic E-state index is -0.740. The van der Waals surface area contributed by atoms with E-state index in [4.69, 9.17) is 9.15 Å². The first kappa shape index (κ1) is 16.8. The first-order chi connectivity index (χ1) is 13.8. The van der Waals surface area contributed by atoms with E-state index < -0.39 is 11.8 Å². The second kappa shape index (κ2) is 6.70. The van der Waals surface area contributed by atoms with E-state index in [9.17, 15) is 0 Å². The molecule has 5 rings (SSSR count). The lowest BCUT2D eigenvalue weighted by Crippen LogP contribution is -2.40. The van der Waals surface area contributed by atoms with Gasteiger partial charge in [-0.2, -0.15) is 0 Å². The summed E-state index contributed by atoms with van der Waals surface area (Å²) in [6.45, 7) is 1.95. The number of anilines is 1. The molecule has 0 spiro atoms. The van der Waals surface area contributed by atoms with Crippen LogP contribution in [-0.4, -0.2) is 0 Å². The zero-order valence-corrected chi connectivity index (χ0v) is 15.6. The molecule has 0 radical (unpaired) electrons. The number of rotatable bonds is 3. The normalized spacial score (nSPS) is 17.5. The predicted octanol–water partition coefficient (Wildman–Crippen LogP) is 6.02. The van der Waals surface area contributed by atoms with Crippen molar-refractivity contribution < 1.29 is 9.15 Å². The van der Waals surface area contributed by atoms with Crippen LogP contribution in [0.4, 0.5) is 5.69 Å². The summed E-state index contributed by atoms with van der Waals surface area (Å²) in [5.41, 5.74) is 3.56. The van der Waals surface area contributed by atoms with Gasteiger partial charge < -0.3 is 14.5 Å². The van der Waals surface area contributed by atoms with Gasteiger partial charge in [0.05, 0.1) is 0 Å². The van der Waals surface area contributed by atoms with Gasteiger partial charge in [0.15, 0.2) is 12.0 Å². The molecule has 1 aliphatic heterocycles. The van der Waals surface area contributed by atoms with Crippen LogP contribution in [0, 0.1) is 6.92 Å². The van der Waals surface area contributed by atoms with E-state index >= 15 is 0 Å². The summed E-state index contributed by atoms with van der Waals surface area (Å²) >= 11 is 0. The van der Waals surface area contributed by atoms with Crippen LogP contribution in [0.2, 0.25) is 0 Å². The zero-order chi connectivity index (χ0) is 19.0. The summed E-state index contributed by atoms with van der Waals surface area (Å²) in [7, 11) is 0. The molecule has 0 unspecified atom stereocenters. The van der Waals surface area contributed by atoms with Crippen LogP contribution >= 0.6 is 0 Å². The van der Waals surface area contributed by atoms with Crippen LogP contribution in [0.25, 0.3) is 0 Å². The van der Waals surface area contributed by atoms with Crippen molar-refractivity contribution in [1.82, 2.24) is 0 Å². The fourth-order valence-electron chi connectivity index (χ4n) is 4.01. The second-order valence-corrected chi connectivity index (χ2v) is 7.05. The number of benzene rings is 3. The molecular formula is C25H21NO2. The summed E-state index contributed by atoms with van der Waals surface area (Å²) in [6, 6.07) is 33.1. The Morgan fingerprint density at radius 2 is 1.32 bits per heavy atom. The molecule has 3 heteroatoms. The molecule has 1 N–H and O–H groups in total.